The molecule has 32 heavy (non-hydrogen) atoms. The quantitative estimate of drug-likeness (QED) is 0.305. The minimum atomic E-state index is -0.419. The molecule has 0 aromatic carbocycles. The minimum Gasteiger partial charge on any atom is -0.316 e. The fraction of sp³-hybridized carbons (Fsp3) is 0.348. The highest BCUT2D eigenvalue weighted by Crippen LogP contribution is 2.37. The Hall–Kier alpha value is -2.96. The number of thiophene rings is 1. The first-order chi connectivity index (χ1) is 15.6. The Labute approximate surface area is 195 Å². The summed E-state index contributed by atoms with van der Waals surface area (Å²) in [6, 6.07) is 6.09. The third-order valence-corrected chi connectivity index (χ3v) is 7.66. The van der Waals surface area contributed by atoms with E-state index in [0.717, 1.165) is 36.8 Å². The van der Waals surface area contributed by atoms with Gasteiger partial charge in [-0.1, -0.05) is 24.3 Å². The predicted octanol–water partition coefficient (Wildman–Crippen LogP) is 4.85. The lowest BCUT2D eigenvalue weighted by atomic mass is 10.1. The highest BCUT2D eigenvalue weighted by Gasteiger charge is 2.25. The highest BCUT2D eigenvalue weighted by atomic mass is 32.2. The second kappa shape index (κ2) is 10.1. The number of rotatable bonds is 7. The van der Waals surface area contributed by atoms with Crippen LogP contribution in [0.2, 0.25) is 0 Å². The van der Waals surface area contributed by atoms with Crippen molar-refractivity contribution in [3.05, 3.63) is 53.2 Å². The fourth-order valence-corrected chi connectivity index (χ4v) is 5.85. The van der Waals surface area contributed by atoms with Crippen LogP contribution < -0.4 is 5.32 Å². The van der Waals surface area contributed by atoms with Gasteiger partial charge in [0.2, 0.25) is 5.91 Å². The number of carbonyl (C=O) groups is 1. The van der Waals surface area contributed by atoms with Gasteiger partial charge in [0, 0.05) is 29.4 Å². The standard InChI is InChI=1S/C23H24N6OS2/c1-3-12-29-20(16-8-7-11-25-14-16)27-28-23(29)31-15(2)21(30)26-22-18(13-24)17-9-5-4-6-10-19(17)32-22/h3,7-8,11,14-15H,1,4-6,9-10,12H2,2H3,(H,26,30). The van der Waals surface area contributed by atoms with Gasteiger partial charge in [0.25, 0.3) is 0 Å². The predicted molar refractivity (Wildman–Crippen MR) is 128 cm³/mol. The summed E-state index contributed by atoms with van der Waals surface area (Å²) in [5.74, 6) is 0.529. The average molecular weight is 465 g/mol. The molecular formula is C23H24N6OS2. The van der Waals surface area contributed by atoms with Crippen LogP contribution in [0.4, 0.5) is 5.00 Å². The Morgan fingerprint density at radius 3 is 3.00 bits per heavy atom. The Kier molecular flexibility index (Phi) is 7.02. The van der Waals surface area contributed by atoms with Crippen molar-refractivity contribution in [2.45, 2.75) is 56.0 Å². The lowest BCUT2D eigenvalue weighted by molar-refractivity contribution is -0.115. The second-order valence-electron chi connectivity index (χ2n) is 7.58. The number of allylic oxidation sites excluding steroid dienone is 1. The molecule has 9 heteroatoms. The first-order valence-electron chi connectivity index (χ1n) is 10.6. The number of carbonyl (C=O) groups excluding carboxylic acids is 1. The van der Waals surface area contributed by atoms with Crippen molar-refractivity contribution in [3.8, 4) is 17.5 Å². The maximum Gasteiger partial charge on any atom is 0.238 e. The molecule has 1 atom stereocenters. The summed E-state index contributed by atoms with van der Waals surface area (Å²) >= 11 is 2.88. The number of fused-ring (bicyclic) bond motifs is 1. The number of nitriles is 1. The molecule has 0 aliphatic heterocycles. The third-order valence-electron chi connectivity index (χ3n) is 5.37. The Morgan fingerprint density at radius 2 is 2.25 bits per heavy atom. The van der Waals surface area contributed by atoms with Gasteiger partial charge >= 0.3 is 0 Å². The van der Waals surface area contributed by atoms with Crippen LogP contribution in [0, 0.1) is 11.3 Å². The molecular weight excluding hydrogens is 440 g/mol. The lowest BCUT2D eigenvalue weighted by Crippen LogP contribution is -2.23. The van der Waals surface area contributed by atoms with E-state index in [9.17, 15) is 10.1 Å². The normalized spacial score (nSPS) is 14.1. The topological polar surface area (TPSA) is 96.5 Å². The van der Waals surface area contributed by atoms with Gasteiger partial charge in [0.15, 0.2) is 11.0 Å². The summed E-state index contributed by atoms with van der Waals surface area (Å²) in [6.07, 6.45) is 10.5. The van der Waals surface area contributed by atoms with Crippen molar-refractivity contribution in [3.63, 3.8) is 0 Å². The smallest absolute Gasteiger partial charge is 0.238 e. The van der Waals surface area contributed by atoms with Crippen LogP contribution in [0.25, 0.3) is 11.4 Å². The van der Waals surface area contributed by atoms with Gasteiger partial charge < -0.3 is 5.32 Å². The molecule has 0 radical (unpaired) electrons. The van der Waals surface area contributed by atoms with Gasteiger partial charge in [-0.05, 0) is 50.3 Å². The third kappa shape index (κ3) is 4.61. The number of aromatic nitrogens is 4. The van der Waals surface area contributed by atoms with E-state index in [4.69, 9.17) is 0 Å². The average Bonchev–Trinajstić information content (AvgIpc) is 3.26. The van der Waals surface area contributed by atoms with Crippen molar-refractivity contribution in [1.82, 2.24) is 19.7 Å². The number of amides is 1. The lowest BCUT2D eigenvalue weighted by Gasteiger charge is -2.12. The zero-order valence-electron chi connectivity index (χ0n) is 17.9. The van der Waals surface area contributed by atoms with Crippen LogP contribution in [-0.2, 0) is 24.2 Å². The molecule has 3 heterocycles. The van der Waals surface area contributed by atoms with Crippen molar-refractivity contribution < 1.29 is 4.79 Å². The van der Waals surface area contributed by atoms with E-state index in [0.29, 0.717) is 28.1 Å². The summed E-state index contributed by atoms with van der Waals surface area (Å²) in [6.45, 7) is 6.18. The molecule has 1 N–H and O–H groups in total. The van der Waals surface area contributed by atoms with Gasteiger partial charge in [-0.2, -0.15) is 5.26 Å². The molecule has 1 aliphatic rings. The molecule has 1 aliphatic carbocycles. The number of thioether (sulfide) groups is 1. The van der Waals surface area contributed by atoms with E-state index in [-0.39, 0.29) is 5.91 Å². The summed E-state index contributed by atoms with van der Waals surface area (Å²) in [7, 11) is 0. The van der Waals surface area contributed by atoms with Crippen LogP contribution in [0.15, 0.2) is 42.3 Å². The first kappa shape index (κ1) is 22.2. The molecule has 1 amide bonds. The van der Waals surface area contributed by atoms with Crippen LogP contribution in [0.5, 0.6) is 0 Å². The van der Waals surface area contributed by atoms with Gasteiger partial charge in [0.1, 0.15) is 11.1 Å². The number of nitrogens with one attached hydrogen (secondary N) is 1. The zero-order chi connectivity index (χ0) is 22.5. The summed E-state index contributed by atoms with van der Waals surface area (Å²) < 4.78 is 1.92. The van der Waals surface area contributed by atoms with E-state index in [1.165, 1.54) is 23.1 Å². The van der Waals surface area contributed by atoms with Crippen molar-refractivity contribution in [1.29, 1.82) is 5.26 Å². The van der Waals surface area contributed by atoms with Crippen LogP contribution in [0.3, 0.4) is 0 Å². The van der Waals surface area contributed by atoms with E-state index >= 15 is 0 Å². The number of nitrogens with zero attached hydrogens (tertiary/aromatic N) is 5. The number of anilines is 1. The van der Waals surface area contributed by atoms with Crippen LogP contribution >= 0.6 is 23.1 Å². The maximum absolute atomic E-state index is 13.0. The maximum atomic E-state index is 13.0. The molecule has 0 spiro atoms. The molecule has 3 aromatic rings. The second-order valence-corrected chi connectivity index (χ2v) is 9.99. The summed E-state index contributed by atoms with van der Waals surface area (Å²) in [4.78, 5) is 18.4. The molecule has 0 fully saturated rings. The molecule has 0 bridgehead atoms. The van der Waals surface area contributed by atoms with Crippen molar-refractivity contribution in [2.75, 3.05) is 5.32 Å². The molecule has 4 rings (SSSR count). The number of pyridine rings is 1. The zero-order valence-corrected chi connectivity index (χ0v) is 19.5. The molecule has 0 saturated heterocycles. The Balaban J connectivity index is 1.52. The number of hydrogen-bond donors (Lipinski definition) is 1. The monoisotopic (exact) mass is 464 g/mol. The highest BCUT2D eigenvalue weighted by molar-refractivity contribution is 8.00. The minimum absolute atomic E-state index is 0.154. The van der Waals surface area contributed by atoms with E-state index in [1.54, 1.807) is 29.8 Å². The molecule has 7 nitrogen and oxygen atoms in total. The molecule has 164 valence electrons. The summed E-state index contributed by atoms with van der Waals surface area (Å²) in [5.41, 5.74) is 2.60. The molecule has 3 aromatic heterocycles. The Bertz CT molecular complexity index is 1160. The van der Waals surface area contributed by atoms with Gasteiger partial charge in [-0.25, -0.2) is 0 Å². The summed E-state index contributed by atoms with van der Waals surface area (Å²) in [5, 5.41) is 22.2. The molecule has 0 saturated carbocycles. The fourth-order valence-electron chi connectivity index (χ4n) is 3.75. The number of aryl methyl sites for hydroxylation is 1. The van der Waals surface area contributed by atoms with Gasteiger partial charge in [0.05, 0.1) is 10.8 Å². The van der Waals surface area contributed by atoms with E-state index < -0.39 is 5.25 Å². The van der Waals surface area contributed by atoms with E-state index in [1.807, 2.05) is 23.6 Å². The number of hydrogen-bond acceptors (Lipinski definition) is 7. The SMILES string of the molecule is C=CCn1c(SC(C)C(=O)Nc2sc3c(c2C#N)CCCCC3)nnc1-c1cccnc1. The van der Waals surface area contributed by atoms with Gasteiger partial charge in [-0.15, -0.1) is 28.1 Å². The van der Waals surface area contributed by atoms with E-state index in [2.05, 4.69) is 33.1 Å². The van der Waals surface area contributed by atoms with Crippen LogP contribution in [0.1, 0.15) is 42.2 Å². The van der Waals surface area contributed by atoms with Gasteiger partial charge in [-0.3, -0.25) is 14.3 Å². The molecule has 1 unspecified atom stereocenters. The first-order valence-corrected chi connectivity index (χ1v) is 12.3. The van der Waals surface area contributed by atoms with Crippen molar-refractivity contribution in [2.24, 2.45) is 0 Å². The van der Waals surface area contributed by atoms with Crippen LogP contribution in [-0.4, -0.2) is 30.9 Å². The Morgan fingerprint density at radius 1 is 1.41 bits per heavy atom. The van der Waals surface area contributed by atoms with Crippen molar-refractivity contribution >= 4 is 34.0 Å². The largest absolute Gasteiger partial charge is 0.316 e.